The van der Waals surface area contributed by atoms with Crippen LogP contribution in [0.3, 0.4) is 0 Å². The number of hydrogen-bond acceptors (Lipinski definition) is 3. The summed E-state index contributed by atoms with van der Waals surface area (Å²) in [6.07, 6.45) is 1.31. The second-order valence-corrected chi connectivity index (χ2v) is 5.13. The monoisotopic (exact) mass is 271 g/mol. The van der Waals surface area contributed by atoms with E-state index in [9.17, 15) is 5.11 Å². The number of ether oxygens (including phenoxy) is 1. The quantitative estimate of drug-likeness (QED) is 0.835. The van der Waals surface area contributed by atoms with Crippen molar-refractivity contribution in [1.82, 2.24) is 0 Å². The lowest BCUT2D eigenvalue weighted by Crippen LogP contribution is -2.34. The van der Waals surface area contributed by atoms with Crippen LogP contribution in [0.15, 0.2) is 18.2 Å². The molecule has 3 nitrogen and oxygen atoms in total. The largest absolute Gasteiger partial charge is 0.490 e. The molecule has 0 radical (unpaired) electrons. The Kier molecular flexibility index (Phi) is 5.45. The lowest BCUT2D eigenvalue weighted by Gasteiger charge is -2.26. The normalized spacial score (nSPS) is 13.4. The Morgan fingerprint density at radius 1 is 1.39 bits per heavy atom. The van der Waals surface area contributed by atoms with E-state index in [2.05, 4.69) is 0 Å². The molecule has 102 valence electrons. The third-order valence-electron chi connectivity index (χ3n) is 3.27. The van der Waals surface area contributed by atoms with E-state index in [1.807, 2.05) is 20.8 Å². The number of hydrogen-bond donors (Lipinski definition) is 2. The van der Waals surface area contributed by atoms with Crippen LogP contribution in [0.5, 0.6) is 5.75 Å². The Hall–Kier alpha value is -0.770. The van der Waals surface area contributed by atoms with Crippen molar-refractivity contribution >= 4 is 11.6 Å². The molecule has 0 saturated heterocycles. The molecule has 0 heterocycles. The predicted molar refractivity (Wildman–Crippen MR) is 75.1 cm³/mol. The molecular formula is C14H22ClNO2. The van der Waals surface area contributed by atoms with E-state index >= 15 is 0 Å². The van der Waals surface area contributed by atoms with Gasteiger partial charge in [0.25, 0.3) is 0 Å². The van der Waals surface area contributed by atoms with Crippen molar-refractivity contribution in [1.29, 1.82) is 0 Å². The molecule has 0 aromatic heterocycles. The van der Waals surface area contributed by atoms with Crippen molar-refractivity contribution in [2.45, 2.75) is 45.3 Å². The van der Waals surface area contributed by atoms with Crippen molar-refractivity contribution in [3.05, 3.63) is 28.8 Å². The van der Waals surface area contributed by atoms with E-state index in [1.54, 1.807) is 18.2 Å². The van der Waals surface area contributed by atoms with Crippen LogP contribution in [0, 0.1) is 0 Å². The first kappa shape index (κ1) is 15.3. The van der Waals surface area contributed by atoms with Gasteiger partial charge in [-0.25, -0.2) is 0 Å². The van der Waals surface area contributed by atoms with Gasteiger partial charge in [0.1, 0.15) is 12.4 Å². The molecule has 1 atom stereocenters. The first-order valence-corrected chi connectivity index (χ1v) is 6.70. The van der Waals surface area contributed by atoms with E-state index in [0.717, 1.165) is 5.56 Å². The summed E-state index contributed by atoms with van der Waals surface area (Å²) in [6, 6.07) is 5.21. The molecule has 0 aliphatic rings. The molecule has 1 rings (SSSR count). The fourth-order valence-corrected chi connectivity index (χ4v) is 1.85. The van der Waals surface area contributed by atoms with Gasteiger partial charge in [-0.05, 0) is 38.0 Å². The summed E-state index contributed by atoms with van der Waals surface area (Å²) in [6.45, 7) is 6.04. The maximum atomic E-state index is 10.2. The minimum atomic E-state index is -0.783. The highest BCUT2D eigenvalue weighted by atomic mass is 35.5. The van der Waals surface area contributed by atoms with Crippen LogP contribution >= 0.6 is 11.6 Å². The summed E-state index contributed by atoms with van der Waals surface area (Å²) in [5, 5.41) is 10.8. The van der Waals surface area contributed by atoms with Crippen LogP contribution in [0.2, 0.25) is 5.02 Å². The number of aliphatic hydroxyl groups is 1. The zero-order valence-electron chi connectivity index (χ0n) is 11.2. The lowest BCUT2D eigenvalue weighted by atomic mass is 9.99. The van der Waals surface area contributed by atoms with Gasteiger partial charge >= 0.3 is 0 Å². The van der Waals surface area contributed by atoms with Crippen molar-refractivity contribution in [3.8, 4) is 5.75 Å². The summed E-state index contributed by atoms with van der Waals surface area (Å²) in [4.78, 5) is 0. The SMILES string of the molecule is CCC(O)(CC)COc1ccc(Cl)cc1[C@@H](C)N. The molecule has 0 spiro atoms. The van der Waals surface area contributed by atoms with Crippen LogP contribution in [0.1, 0.15) is 45.2 Å². The molecule has 1 aromatic rings. The Morgan fingerprint density at radius 2 is 2.00 bits per heavy atom. The smallest absolute Gasteiger partial charge is 0.124 e. The molecule has 1 aromatic carbocycles. The first-order chi connectivity index (χ1) is 8.41. The summed E-state index contributed by atoms with van der Waals surface area (Å²) < 4.78 is 5.71. The highest BCUT2D eigenvalue weighted by molar-refractivity contribution is 6.30. The van der Waals surface area contributed by atoms with Crippen LogP contribution in [0.25, 0.3) is 0 Å². The van der Waals surface area contributed by atoms with E-state index < -0.39 is 5.60 Å². The highest BCUT2D eigenvalue weighted by Crippen LogP contribution is 2.28. The van der Waals surface area contributed by atoms with Crippen molar-refractivity contribution in [2.24, 2.45) is 5.73 Å². The van der Waals surface area contributed by atoms with Crippen LogP contribution in [0.4, 0.5) is 0 Å². The van der Waals surface area contributed by atoms with Gasteiger partial charge in [0.2, 0.25) is 0 Å². The molecule has 0 fully saturated rings. The molecule has 0 aliphatic carbocycles. The molecule has 4 heteroatoms. The van der Waals surface area contributed by atoms with Gasteiger partial charge in [-0.15, -0.1) is 0 Å². The van der Waals surface area contributed by atoms with E-state index in [4.69, 9.17) is 22.1 Å². The lowest BCUT2D eigenvalue weighted by molar-refractivity contribution is -0.0116. The van der Waals surface area contributed by atoms with Crippen molar-refractivity contribution in [3.63, 3.8) is 0 Å². The maximum Gasteiger partial charge on any atom is 0.124 e. The highest BCUT2D eigenvalue weighted by Gasteiger charge is 2.23. The maximum absolute atomic E-state index is 10.2. The van der Waals surface area contributed by atoms with E-state index in [0.29, 0.717) is 23.6 Å². The summed E-state index contributed by atoms with van der Waals surface area (Å²) in [5.74, 6) is 0.690. The van der Waals surface area contributed by atoms with Crippen LogP contribution in [-0.2, 0) is 0 Å². The van der Waals surface area contributed by atoms with Gasteiger partial charge in [0, 0.05) is 16.6 Å². The molecule has 0 saturated carbocycles. The van der Waals surface area contributed by atoms with Crippen LogP contribution in [-0.4, -0.2) is 17.3 Å². The molecular weight excluding hydrogens is 250 g/mol. The Morgan fingerprint density at radius 3 is 2.50 bits per heavy atom. The van der Waals surface area contributed by atoms with Gasteiger partial charge in [-0.2, -0.15) is 0 Å². The molecule has 18 heavy (non-hydrogen) atoms. The summed E-state index contributed by atoms with van der Waals surface area (Å²) in [7, 11) is 0. The number of rotatable bonds is 6. The standard InChI is InChI=1S/C14H22ClNO2/c1-4-14(17,5-2)9-18-13-7-6-11(15)8-12(13)10(3)16/h6-8,10,17H,4-5,9,16H2,1-3H3/t10-/m1/s1. The van der Waals surface area contributed by atoms with Gasteiger partial charge < -0.3 is 15.6 Å². The second-order valence-electron chi connectivity index (χ2n) is 4.69. The Balaban J connectivity index is 2.85. The molecule has 3 N–H and O–H groups in total. The average molecular weight is 272 g/mol. The van der Waals surface area contributed by atoms with Gasteiger partial charge in [-0.1, -0.05) is 25.4 Å². The zero-order chi connectivity index (χ0) is 13.8. The molecule has 0 unspecified atom stereocenters. The summed E-state index contributed by atoms with van der Waals surface area (Å²) in [5.41, 5.74) is 5.96. The average Bonchev–Trinajstić information content (AvgIpc) is 2.36. The molecule has 0 bridgehead atoms. The molecule has 0 aliphatic heterocycles. The van der Waals surface area contributed by atoms with Gasteiger partial charge in [0.05, 0.1) is 5.60 Å². The van der Waals surface area contributed by atoms with Crippen LogP contribution < -0.4 is 10.5 Å². The van der Waals surface area contributed by atoms with Crippen molar-refractivity contribution in [2.75, 3.05) is 6.61 Å². The number of nitrogens with two attached hydrogens (primary N) is 1. The van der Waals surface area contributed by atoms with Gasteiger partial charge in [0.15, 0.2) is 0 Å². The third kappa shape index (κ3) is 3.87. The fraction of sp³-hybridized carbons (Fsp3) is 0.571. The number of halogens is 1. The minimum absolute atomic E-state index is 0.157. The fourth-order valence-electron chi connectivity index (χ4n) is 1.67. The Bertz CT molecular complexity index is 389. The number of benzene rings is 1. The Labute approximate surface area is 114 Å². The zero-order valence-corrected chi connectivity index (χ0v) is 12.0. The topological polar surface area (TPSA) is 55.5 Å². The second kappa shape index (κ2) is 6.41. The first-order valence-electron chi connectivity index (χ1n) is 6.32. The molecule has 0 amide bonds. The van der Waals surface area contributed by atoms with Crippen molar-refractivity contribution < 1.29 is 9.84 Å². The third-order valence-corrected chi connectivity index (χ3v) is 3.51. The minimum Gasteiger partial charge on any atom is -0.490 e. The predicted octanol–water partition coefficient (Wildman–Crippen LogP) is 3.29. The van der Waals surface area contributed by atoms with Gasteiger partial charge in [-0.3, -0.25) is 0 Å². The van der Waals surface area contributed by atoms with E-state index in [-0.39, 0.29) is 12.6 Å². The van der Waals surface area contributed by atoms with E-state index in [1.165, 1.54) is 0 Å². The summed E-state index contributed by atoms with van der Waals surface area (Å²) >= 11 is 5.95.